The van der Waals surface area contributed by atoms with Crippen molar-refractivity contribution in [1.29, 1.82) is 0 Å². The molecule has 0 heterocycles. The summed E-state index contributed by atoms with van der Waals surface area (Å²) in [5, 5.41) is 0. The van der Waals surface area contributed by atoms with E-state index in [1.807, 2.05) is 0 Å². The standard InChI is InChI=1S/C23H28/c1-4-5-9-19-10-6-7-12-21(19)22-13-8-11-20-15-18(14-17(2)3)16-23(20)22/h6-8,10-13,16-17H,4-5,9,14-15H2,1-3H3. The Hall–Kier alpha value is -1.82. The van der Waals surface area contributed by atoms with Crippen LogP contribution in [0.2, 0.25) is 0 Å². The predicted molar refractivity (Wildman–Crippen MR) is 102 cm³/mol. The van der Waals surface area contributed by atoms with Gasteiger partial charge in [-0.2, -0.15) is 0 Å². The maximum Gasteiger partial charge on any atom is -0.00575 e. The molecule has 0 fully saturated rings. The molecule has 0 saturated heterocycles. The van der Waals surface area contributed by atoms with E-state index in [4.69, 9.17) is 0 Å². The lowest BCUT2D eigenvalue weighted by atomic mass is 9.92. The molecular weight excluding hydrogens is 276 g/mol. The maximum absolute atomic E-state index is 2.46. The number of hydrogen-bond donors (Lipinski definition) is 0. The lowest BCUT2D eigenvalue weighted by molar-refractivity contribution is 0.638. The zero-order valence-electron chi connectivity index (χ0n) is 14.7. The number of allylic oxidation sites excluding steroid dienone is 1. The third-order valence-electron chi connectivity index (χ3n) is 4.74. The van der Waals surface area contributed by atoms with Gasteiger partial charge in [-0.25, -0.2) is 0 Å². The average Bonchev–Trinajstić information content (AvgIpc) is 2.94. The van der Waals surface area contributed by atoms with E-state index < -0.39 is 0 Å². The first-order valence-electron chi connectivity index (χ1n) is 9.08. The van der Waals surface area contributed by atoms with Crippen LogP contribution >= 0.6 is 0 Å². The van der Waals surface area contributed by atoms with E-state index in [-0.39, 0.29) is 0 Å². The Morgan fingerprint density at radius 2 is 1.74 bits per heavy atom. The predicted octanol–water partition coefficient (Wildman–Crippen LogP) is 6.68. The van der Waals surface area contributed by atoms with Gasteiger partial charge in [0.2, 0.25) is 0 Å². The van der Waals surface area contributed by atoms with Crippen molar-refractivity contribution >= 4 is 6.08 Å². The summed E-state index contributed by atoms with van der Waals surface area (Å²) in [4.78, 5) is 0. The Balaban J connectivity index is 2.00. The first-order chi connectivity index (χ1) is 11.2. The zero-order chi connectivity index (χ0) is 16.2. The highest BCUT2D eigenvalue weighted by Crippen LogP contribution is 2.37. The highest BCUT2D eigenvalue weighted by Gasteiger charge is 2.18. The molecule has 1 aliphatic rings. The molecule has 0 radical (unpaired) electrons. The van der Waals surface area contributed by atoms with Crippen LogP contribution in [0.15, 0.2) is 48.0 Å². The van der Waals surface area contributed by atoms with Gasteiger partial charge in [0.15, 0.2) is 0 Å². The molecule has 1 aliphatic carbocycles. The number of unbranched alkanes of at least 4 members (excludes halogenated alkanes) is 1. The van der Waals surface area contributed by atoms with Crippen LogP contribution in [0.3, 0.4) is 0 Å². The van der Waals surface area contributed by atoms with E-state index in [9.17, 15) is 0 Å². The maximum atomic E-state index is 2.46. The highest BCUT2D eigenvalue weighted by atomic mass is 14.2. The Bertz CT molecular complexity index is 704. The smallest absolute Gasteiger partial charge is 0.00575 e. The minimum Gasteiger partial charge on any atom is -0.0654 e. The number of fused-ring (bicyclic) bond motifs is 1. The van der Waals surface area contributed by atoms with Crippen LogP contribution in [0.4, 0.5) is 0 Å². The van der Waals surface area contributed by atoms with Crippen LogP contribution in [0.5, 0.6) is 0 Å². The topological polar surface area (TPSA) is 0 Å². The molecule has 2 aromatic rings. The van der Waals surface area contributed by atoms with Crippen LogP contribution in [0.25, 0.3) is 17.2 Å². The summed E-state index contributed by atoms with van der Waals surface area (Å²) in [5.41, 5.74) is 8.91. The van der Waals surface area contributed by atoms with Crippen molar-refractivity contribution in [2.24, 2.45) is 5.92 Å². The van der Waals surface area contributed by atoms with E-state index in [0.29, 0.717) is 0 Å². The van der Waals surface area contributed by atoms with Gasteiger partial charge in [-0.1, -0.05) is 81.3 Å². The lowest BCUT2D eigenvalue weighted by Crippen LogP contribution is -1.93. The van der Waals surface area contributed by atoms with Gasteiger partial charge in [0, 0.05) is 0 Å². The molecule has 0 N–H and O–H groups in total. The molecule has 0 atom stereocenters. The Morgan fingerprint density at radius 1 is 0.957 bits per heavy atom. The lowest BCUT2D eigenvalue weighted by Gasteiger charge is -2.13. The van der Waals surface area contributed by atoms with E-state index >= 15 is 0 Å². The van der Waals surface area contributed by atoms with Gasteiger partial charge in [-0.3, -0.25) is 0 Å². The second-order valence-corrected chi connectivity index (χ2v) is 7.22. The summed E-state index contributed by atoms with van der Waals surface area (Å²) < 4.78 is 0. The fourth-order valence-electron chi connectivity index (χ4n) is 3.70. The van der Waals surface area contributed by atoms with E-state index in [1.54, 1.807) is 5.57 Å². The van der Waals surface area contributed by atoms with Crippen molar-refractivity contribution in [3.8, 4) is 11.1 Å². The number of rotatable bonds is 6. The molecule has 0 heteroatoms. The van der Waals surface area contributed by atoms with Crippen molar-refractivity contribution in [2.75, 3.05) is 0 Å². The van der Waals surface area contributed by atoms with Crippen LogP contribution < -0.4 is 0 Å². The van der Waals surface area contributed by atoms with Crippen molar-refractivity contribution in [3.05, 3.63) is 64.7 Å². The zero-order valence-corrected chi connectivity index (χ0v) is 14.7. The summed E-state index contributed by atoms with van der Waals surface area (Å²) >= 11 is 0. The second-order valence-electron chi connectivity index (χ2n) is 7.22. The van der Waals surface area contributed by atoms with Crippen LogP contribution in [0, 0.1) is 5.92 Å². The number of benzene rings is 2. The number of aryl methyl sites for hydroxylation is 1. The minimum absolute atomic E-state index is 0.732. The molecule has 2 aromatic carbocycles. The monoisotopic (exact) mass is 304 g/mol. The van der Waals surface area contributed by atoms with E-state index in [1.165, 1.54) is 53.5 Å². The summed E-state index contributed by atoms with van der Waals surface area (Å²) in [5.74, 6) is 0.732. The van der Waals surface area contributed by atoms with Crippen molar-refractivity contribution < 1.29 is 0 Å². The molecule has 0 spiro atoms. The fraction of sp³-hybridized carbons (Fsp3) is 0.391. The Labute approximate surface area is 141 Å². The van der Waals surface area contributed by atoms with Crippen LogP contribution in [-0.2, 0) is 12.8 Å². The van der Waals surface area contributed by atoms with E-state index in [0.717, 1.165) is 12.3 Å². The molecule has 0 aromatic heterocycles. The first-order valence-corrected chi connectivity index (χ1v) is 9.08. The Kier molecular flexibility index (Phi) is 5.00. The van der Waals surface area contributed by atoms with Gasteiger partial charge in [0.05, 0.1) is 0 Å². The van der Waals surface area contributed by atoms with Crippen LogP contribution in [-0.4, -0.2) is 0 Å². The van der Waals surface area contributed by atoms with E-state index in [2.05, 4.69) is 69.3 Å². The molecule has 0 aliphatic heterocycles. The molecule has 120 valence electrons. The fourth-order valence-corrected chi connectivity index (χ4v) is 3.70. The van der Waals surface area contributed by atoms with Crippen LogP contribution in [0.1, 0.15) is 56.7 Å². The first kappa shape index (κ1) is 16.1. The van der Waals surface area contributed by atoms with Gasteiger partial charge < -0.3 is 0 Å². The molecular formula is C23H28. The van der Waals surface area contributed by atoms with Gasteiger partial charge in [0.25, 0.3) is 0 Å². The quantitative estimate of drug-likeness (QED) is 0.558. The van der Waals surface area contributed by atoms with Crippen molar-refractivity contribution in [1.82, 2.24) is 0 Å². The van der Waals surface area contributed by atoms with Gasteiger partial charge >= 0.3 is 0 Å². The van der Waals surface area contributed by atoms with Crippen molar-refractivity contribution in [3.63, 3.8) is 0 Å². The molecule has 0 saturated carbocycles. The van der Waals surface area contributed by atoms with Gasteiger partial charge in [-0.15, -0.1) is 0 Å². The minimum atomic E-state index is 0.732. The largest absolute Gasteiger partial charge is 0.0654 e. The summed E-state index contributed by atoms with van der Waals surface area (Å²) in [7, 11) is 0. The molecule has 3 rings (SSSR count). The number of hydrogen-bond acceptors (Lipinski definition) is 0. The Morgan fingerprint density at radius 3 is 2.52 bits per heavy atom. The second kappa shape index (κ2) is 7.17. The average molecular weight is 304 g/mol. The van der Waals surface area contributed by atoms with Gasteiger partial charge in [0.1, 0.15) is 0 Å². The summed E-state index contributed by atoms with van der Waals surface area (Å²) in [6, 6.07) is 15.8. The molecule has 0 unspecified atom stereocenters. The highest BCUT2D eigenvalue weighted by molar-refractivity contribution is 5.82. The summed E-state index contributed by atoms with van der Waals surface area (Å²) in [6.07, 6.45) is 8.50. The molecule has 0 amide bonds. The van der Waals surface area contributed by atoms with Crippen molar-refractivity contribution in [2.45, 2.75) is 52.9 Å². The molecule has 23 heavy (non-hydrogen) atoms. The normalized spacial score (nSPS) is 13.3. The molecule has 0 nitrogen and oxygen atoms in total. The third kappa shape index (κ3) is 3.58. The van der Waals surface area contributed by atoms with Gasteiger partial charge in [-0.05, 0) is 59.4 Å². The SMILES string of the molecule is CCCCc1ccccc1-c1cccc2c1C=C(CC(C)C)C2. The molecule has 0 bridgehead atoms. The third-order valence-corrected chi connectivity index (χ3v) is 4.74. The summed E-state index contributed by atoms with van der Waals surface area (Å²) in [6.45, 7) is 6.89.